The number of aryl methyl sites for hydroxylation is 1. The van der Waals surface area contributed by atoms with Gasteiger partial charge in [-0.3, -0.25) is 9.59 Å². The van der Waals surface area contributed by atoms with Gasteiger partial charge in [-0.15, -0.1) is 0 Å². The lowest BCUT2D eigenvalue weighted by Gasteiger charge is -2.06. The molecule has 24 heavy (non-hydrogen) atoms. The Hall–Kier alpha value is -2.88. The van der Waals surface area contributed by atoms with Gasteiger partial charge in [-0.25, -0.2) is 0 Å². The van der Waals surface area contributed by atoms with Crippen molar-refractivity contribution in [3.05, 3.63) is 71.3 Å². The van der Waals surface area contributed by atoms with Crippen molar-refractivity contribution in [3.63, 3.8) is 0 Å². The van der Waals surface area contributed by atoms with Gasteiger partial charge in [0, 0.05) is 23.9 Å². The molecule has 0 unspecified atom stereocenters. The van der Waals surface area contributed by atoms with Crippen LogP contribution in [0.5, 0.6) is 0 Å². The number of carbonyl (C=O) groups is 2. The second kappa shape index (κ2) is 8.67. The molecule has 0 radical (unpaired) electrons. The first-order chi connectivity index (χ1) is 11.6. The summed E-state index contributed by atoms with van der Waals surface area (Å²) in [5.74, 6) is -0.371. The Labute approximate surface area is 142 Å². The molecule has 2 amide bonds. The topological polar surface area (TPSA) is 58.2 Å². The fourth-order valence-corrected chi connectivity index (χ4v) is 2.11. The number of amides is 2. The van der Waals surface area contributed by atoms with Crippen molar-refractivity contribution in [1.82, 2.24) is 5.32 Å². The first-order valence-corrected chi connectivity index (χ1v) is 8.02. The maximum absolute atomic E-state index is 12.0. The van der Waals surface area contributed by atoms with E-state index in [1.165, 1.54) is 11.6 Å². The van der Waals surface area contributed by atoms with Crippen LogP contribution in [0.3, 0.4) is 0 Å². The van der Waals surface area contributed by atoms with Crippen LogP contribution in [-0.2, 0) is 4.79 Å². The number of carbonyl (C=O) groups excluding carboxylic acids is 2. The highest BCUT2D eigenvalue weighted by Crippen LogP contribution is 2.11. The molecule has 4 nitrogen and oxygen atoms in total. The van der Waals surface area contributed by atoms with Crippen molar-refractivity contribution in [2.24, 2.45) is 0 Å². The van der Waals surface area contributed by atoms with Crippen LogP contribution in [0.2, 0.25) is 0 Å². The molecule has 0 fully saturated rings. The predicted molar refractivity (Wildman–Crippen MR) is 97.9 cm³/mol. The molecule has 2 N–H and O–H groups in total. The van der Waals surface area contributed by atoms with E-state index in [0.29, 0.717) is 17.8 Å². The second-order valence-electron chi connectivity index (χ2n) is 5.57. The summed E-state index contributed by atoms with van der Waals surface area (Å²) in [6.45, 7) is 4.65. The maximum atomic E-state index is 12.0. The van der Waals surface area contributed by atoms with Gasteiger partial charge >= 0.3 is 0 Å². The van der Waals surface area contributed by atoms with E-state index < -0.39 is 0 Å². The summed E-state index contributed by atoms with van der Waals surface area (Å²) >= 11 is 0. The minimum Gasteiger partial charge on any atom is -0.352 e. The van der Waals surface area contributed by atoms with E-state index in [9.17, 15) is 9.59 Å². The van der Waals surface area contributed by atoms with Gasteiger partial charge in [0.15, 0.2) is 0 Å². The van der Waals surface area contributed by atoms with Gasteiger partial charge < -0.3 is 10.6 Å². The monoisotopic (exact) mass is 322 g/mol. The first kappa shape index (κ1) is 17.5. The molecule has 0 aliphatic heterocycles. The standard InChI is InChI=1S/C20H22N2O2/c1-3-13-21-20(24)17-5-4-6-18(14-17)22-19(23)12-11-16-9-7-15(2)8-10-16/h4-12,14H,3,13H2,1-2H3,(H,21,24)(H,22,23)/b12-11+. The fourth-order valence-electron chi connectivity index (χ4n) is 2.11. The van der Waals surface area contributed by atoms with Gasteiger partial charge in [0.05, 0.1) is 0 Å². The third-order valence-electron chi connectivity index (χ3n) is 3.43. The van der Waals surface area contributed by atoms with E-state index in [1.807, 2.05) is 38.1 Å². The summed E-state index contributed by atoms with van der Waals surface area (Å²) in [4.78, 5) is 23.9. The van der Waals surface area contributed by atoms with Gasteiger partial charge in [0.1, 0.15) is 0 Å². The number of nitrogens with one attached hydrogen (secondary N) is 2. The first-order valence-electron chi connectivity index (χ1n) is 8.02. The Balaban J connectivity index is 1.98. The van der Waals surface area contributed by atoms with Crippen molar-refractivity contribution >= 4 is 23.6 Å². The molecule has 4 heteroatoms. The molecule has 2 rings (SSSR count). The lowest BCUT2D eigenvalue weighted by Crippen LogP contribution is -2.24. The molecule has 2 aromatic rings. The third-order valence-corrected chi connectivity index (χ3v) is 3.43. The van der Waals surface area contributed by atoms with Crippen molar-refractivity contribution in [2.75, 3.05) is 11.9 Å². The lowest BCUT2D eigenvalue weighted by atomic mass is 10.1. The molecule has 0 saturated heterocycles. The minimum atomic E-state index is -0.235. The highest BCUT2D eigenvalue weighted by atomic mass is 16.2. The van der Waals surface area contributed by atoms with Crippen LogP contribution in [0.1, 0.15) is 34.8 Å². The minimum absolute atomic E-state index is 0.136. The van der Waals surface area contributed by atoms with E-state index in [4.69, 9.17) is 0 Å². The molecule has 0 aromatic heterocycles. The van der Waals surface area contributed by atoms with E-state index >= 15 is 0 Å². The molecular formula is C20H22N2O2. The van der Waals surface area contributed by atoms with Gasteiger partial charge in [0.25, 0.3) is 5.91 Å². The number of hydrogen-bond donors (Lipinski definition) is 2. The molecule has 0 aliphatic rings. The Morgan fingerprint density at radius 3 is 2.54 bits per heavy atom. The van der Waals surface area contributed by atoms with Crippen LogP contribution < -0.4 is 10.6 Å². The summed E-state index contributed by atoms with van der Waals surface area (Å²) in [5.41, 5.74) is 3.26. The average molecular weight is 322 g/mol. The quantitative estimate of drug-likeness (QED) is 0.795. The zero-order valence-electron chi connectivity index (χ0n) is 14.0. The second-order valence-corrected chi connectivity index (χ2v) is 5.57. The number of anilines is 1. The zero-order chi connectivity index (χ0) is 17.4. The van der Waals surface area contributed by atoms with Crippen molar-refractivity contribution in [2.45, 2.75) is 20.3 Å². The van der Waals surface area contributed by atoms with Crippen molar-refractivity contribution in [3.8, 4) is 0 Å². The van der Waals surface area contributed by atoms with E-state index in [-0.39, 0.29) is 11.8 Å². The van der Waals surface area contributed by atoms with Crippen LogP contribution in [-0.4, -0.2) is 18.4 Å². The highest BCUT2D eigenvalue weighted by molar-refractivity contribution is 6.03. The van der Waals surface area contributed by atoms with E-state index in [0.717, 1.165) is 12.0 Å². The van der Waals surface area contributed by atoms with Crippen LogP contribution in [0.4, 0.5) is 5.69 Å². The third kappa shape index (κ3) is 5.39. The molecule has 0 spiro atoms. The molecule has 0 bridgehead atoms. The average Bonchev–Trinajstić information content (AvgIpc) is 2.59. The Morgan fingerprint density at radius 1 is 1.08 bits per heavy atom. The largest absolute Gasteiger partial charge is 0.352 e. The molecule has 2 aromatic carbocycles. The SMILES string of the molecule is CCCNC(=O)c1cccc(NC(=O)/C=C/c2ccc(C)cc2)c1. The molecule has 0 atom stereocenters. The maximum Gasteiger partial charge on any atom is 0.251 e. The van der Waals surface area contributed by atoms with Gasteiger partial charge in [-0.2, -0.15) is 0 Å². The van der Waals surface area contributed by atoms with Crippen LogP contribution in [0, 0.1) is 6.92 Å². The Morgan fingerprint density at radius 2 is 1.83 bits per heavy atom. The summed E-state index contributed by atoms with van der Waals surface area (Å²) < 4.78 is 0. The highest BCUT2D eigenvalue weighted by Gasteiger charge is 2.06. The predicted octanol–water partition coefficient (Wildman–Crippen LogP) is 3.79. The summed E-state index contributed by atoms with van der Waals surface area (Å²) in [6, 6.07) is 14.8. The van der Waals surface area contributed by atoms with Gasteiger partial charge in [0.2, 0.25) is 5.91 Å². The molecule has 0 aliphatic carbocycles. The number of benzene rings is 2. The van der Waals surface area contributed by atoms with Gasteiger partial charge in [-0.1, -0.05) is 42.8 Å². The molecule has 0 saturated carbocycles. The molecule has 124 valence electrons. The summed E-state index contributed by atoms with van der Waals surface area (Å²) in [5, 5.41) is 5.58. The van der Waals surface area contributed by atoms with Gasteiger partial charge in [-0.05, 0) is 43.2 Å². The summed E-state index contributed by atoms with van der Waals surface area (Å²) in [6.07, 6.45) is 4.12. The van der Waals surface area contributed by atoms with Crippen molar-refractivity contribution < 1.29 is 9.59 Å². The van der Waals surface area contributed by atoms with Crippen molar-refractivity contribution in [1.29, 1.82) is 0 Å². The molecule has 0 heterocycles. The van der Waals surface area contributed by atoms with Crippen LogP contribution in [0.25, 0.3) is 6.08 Å². The van der Waals surface area contributed by atoms with Crippen LogP contribution in [0.15, 0.2) is 54.6 Å². The number of hydrogen-bond acceptors (Lipinski definition) is 2. The van der Waals surface area contributed by atoms with Crippen LogP contribution >= 0.6 is 0 Å². The molecular weight excluding hydrogens is 300 g/mol. The smallest absolute Gasteiger partial charge is 0.251 e. The summed E-state index contributed by atoms with van der Waals surface area (Å²) in [7, 11) is 0. The zero-order valence-corrected chi connectivity index (χ0v) is 14.0. The lowest BCUT2D eigenvalue weighted by molar-refractivity contribution is -0.111. The number of rotatable bonds is 6. The normalized spacial score (nSPS) is 10.6. The fraction of sp³-hybridized carbons (Fsp3) is 0.200. The van der Waals surface area contributed by atoms with E-state index in [1.54, 1.807) is 30.3 Å². The van der Waals surface area contributed by atoms with E-state index in [2.05, 4.69) is 10.6 Å². The Kier molecular flexibility index (Phi) is 6.32. The Bertz CT molecular complexity index is 734.